The van der Waals surface area contributed by atoms with Crippen molar-refractivity contribution in [3.63, 3.8) is 0 Å². The Kier molecular flexibility index (Phi) is 2.28. The number of hydrogen-bond donors (Lipinski definition) is 3. The first-order valence-electron chi connectivity index (χ1n) is 34.4. The van der Waals surface area contributed by atoms with Gasteiger partial charge in [0.15, 0.2) is 0 Å². The molecule has 6 nitrogen and oxygen atoms in total. The molecule has 2 aromatic rings. The first-order chi connectivity index (χ1) is 37.8. The summed E-state index contributed by atoms with van der Waals surface area (Å²) in [6.07, 6.45) is -45.9. The monoisotopic (exact) mass is 590 g/mol. The van der Waals surface area contributed by atoms with Crippen molar-refractivity contribution in [3.05, 3.63) is 59.5 Å². The first-order valence-corrected chi connectivity index (χ1v) is 9.92. The van der Waals surface area contributed by atoms with E-state index >= 15 is 0 Å². The maximum atomic E-state index is 12.2. The normalized spacial score (nSPS) is 55.4. The highest BCUT2D eigenvalue weighted by atomic mass is 16.5. The zero-order valence-corrected chi connectivity index (χ0v) is 19.1. The molecular formula is C33H52N2O4. The second kappa shape index (κ2) is 14.5. The number of aromatic hydroxyl groups is 1. The van der Waals surface area contributed by atoms with Gasteiger partial charge < -0.3 is 29.9 Å². The molecule has 0 saturated heterocycles. The van der Waals surface area contributed by atoms with Crippen LogP contribution in [0.3, 0.4) is 0 Å². The van der Waals surface area contributed by atoms with Crippen molar-refractivity contribution in [2.24, 2.45) is 0 Å². The van der Waals surface area contributed by atoms with Crippen LogP contribution in [0.2, 0.25) is 0 Å². The van der Waals surface area contributed by atoms with Crippen molar-refractivity contribution in [1.29, 1.82) is 0 Å². The zero-order chi connectivity index (χ0) is 71.3. The summed E-state index contributed by atoms with van der Waals surface area (Å²) in [4.78, 5) is -2.35. The number of aliphatic hydroxyl groups is 2. The smallest absolute Gasteiger partial charge is 0.118 e. The average Bonchev–Trinajstić information content (AvgIpc) is 3.28. The number of methoxy groups -OCH3 is 1. The van der Waals surface area contributed by atoms with Gasteiger partial charge in [-0.1, -0.05) is 62.4 Å². The van der Waals surface area contributed by atoms with E-state index in [2.05, 4.69) is 4.74 Å². The van der Waals surface area contributed by atoms with Gasteiger partial charge in [-0.2, -0.15) is 0 Å². The first kappa shape index (κ1) is 6.15. The highest BCUT2D eigenvalue weighted by molar-refractivity contribution is 5.32. The van der Waals surface area contributed by atoms with E-state index in [0.717, 1.165) is 0 Å². The fourth-order valence-corrected chi connectivity index (χ4v) is 2.63. The van der Waals surface area contributed by atoms with Gasteiger partial charge in [0.05, 0.1) is 33.3 Å². The molecule has 2 aliphatic carbocycles. The lowest BCUT2D eigenvalue weighted by Gasteiger charge is -2.40. The predicted molar refractivity (Wildman–Crippen MR) is 160 cm³/mol. The van der Waals surface area contributed by atoms with Crippen molar-refractivity contribution in [2.45, 2.75) is 86.7 Å². The molecule has 0 amide bonds. The molecule has 2 atom stereocenters. The Labute approximate surface area is 305 Å². The standard InChI is InChI=1S/C17H27NO2.C16H25NO2/c1-18(2)13-16(17(19)11-5-4-6-12-17)14-7-9-15(20-3)10-8-14;1-17(2)12-15(13-6-8-14(18)9-7-13)16(19)10-4-3-5-11-16/h7-10,16,19H,4-6,11-13H2,1-3H3;6-9,15,18-19H,3-5,10-12H2,1-2H3/i1D3,2D3,3D3,4D2,5D2,6D2,7D,8D,9D,10D,11D2,12D2,13D2,16D;1D3,2D3,3D2,4D2,5D2,6D,7D,8D,9D,10D2,11D2,12D2,15D. The molecule has 0 heterocycles. The Balaban J connectivity index is 0.000000462. The van der Waals surface area contributed by atoms with Gasteiger partial charge >= 0.3 is 0 Å². The zero-order valence-electron chi connectivity index (χ0n) is 68.1. The molecule has 0 radical (unpaired) electrons. The third kappa shape index (κ3) is 8.94. The summed E-state index contributed by atoms with van der Waals surface area (Å²) in [7, 11) is -3.51. The molecule has 218 valence electrons. The van der Waals surface area contributed by atoms with Gasteiger partial charge in [-0.25, -0.2) is 0 Å². The number of phenols is 1. The lowest BCUT2D eigenvalue weighted by atomic mass is 9.72. The summed E-state index contributed by atoms with van der Waals surface area (Å²) >= 11 is 0. The molecule has 0 aliphatic heterocycles. The Morgan fingerprint density at radius 1 is 0.795 bits per heavy atom. The van der Waals surface area contributed by atoms with Crippen LogP contribution in [0.15, 0.2) is 48.3 Å². The molecule has 39 heavy (non-hydrogen) atoms. The van der Waals surface area contributed by atoms with Gasteiger partial charge in [0.1, 0.15) is 11.5 Å². The summed E-state index contributed by atoms with van der Waals surface area (Å²) in [5, 5.41) is 34.2. The van der Waals surface area contributed by atoms with E-state index in [0.29, 0.717) is 0 Å². The van der Waals surface area contributed by atoms with E-state index in [-0.39, 0.29) is 0 Å². The summed E-state index contributed by atoms with van der Waals surface area (Å²) in [6, 6.07) is -13.8. The van der Waals surface area contributed by atoms with E-state index in [1.807, 2.05) is 0 Å². The molecule has 2 saturated carbocycles. The Morgan fingerprint density at radius 3 is 1.59 bits per heavy atom. The van der Waals surface area contributed by atoms with Gasteiger partial charge in [0.2, 0.25) is 0 Å². The summed E-state index contributed by atoms with van der Waals surface area (Å²) in [5.74, 6) is -12.9. The fourth-order valence-electron chi connectivity index (χ4n) is 2.63. The lowest BCUT2D eigenvalue weighted by Crippen LogP contribution is -2.42. The van der Waals surface area contributed by atoms with Gasteiger partial charge in [0.25, 0.3) is 0 Å². The second-order valence-corrected chi connectivity index (χ2v) is 6.85. The minimum Gasteiger partial charge on any atom is -0.508 e. The maximum absolute atomic E-state index is 12.2. The van der Waals surface area contributed by atoms with E-state index in [9.17, 15) is 18.1 Å². The molecule has 2 aromatic carbocycles. The molecule has 2 aliphatic rings. The van der Waals surface area contributed by atoms with Crippen LogP contribution in [-0.2, 0) is 0 Å². The third-order valence-corrected chi connectivity index (χ3v) is 4.21. The molecule has 0 aromatic heterocycles. The molecular weight excluding hydrogens is 488 g/mol. The topological polar surface area (TPSA) is 76.4 Å². The molecule has 0 bridgehead atoms. The lowest BCUT2D eigenvalue weighted by molar-refractivity contribution is -0.0280. The van der Waals surface area contributed by atoms with Crippen molar-refractivity contribution in [1.82, 2.24) is 9.80 Å². The number of phenolic OH excluding ortho intramolecular Hbond substituents is 1. The van der Waals surface area contributed by atoms with Crippen molar-refractivity contribution in [2.75, 3.05) is 47.9 Å². The number of nitrogens with zero attached hydrogens (tertiary/aromatic N) is 2. The number of ether oxygens (including phenoxy) is 1. The van der Waals surface area contributed by atoms with Gasteiger partial charge in [-0.15, -0.1) is 0 Å². The highest BCUT2D eigenvalue weighted by Gasteiger charge is 2.40. The van der Waals surface area contributed by atoms with Gasteiger partial charge in [0, 0.05) is 76.9 Å². The molecule has 3 N–H and O–H groups in total. The van der Waals surface area contributed by atoms with Gasteiger partial charge in [-0.3, -0.25) is 0 Å². The number of benzene rings is 2. The average molecular weight is 590 g/mol. The van der Waals surface area contributed by atoms with Crippen LogP contribution in [0.1, 0.15) is 154 Å². The minimum atomic E-state index is -5.24. The largest absolute Gasteiger partial charge is 0.508 e. The van der Waals surface area contributed by atoms with Crippen LogP contribution >= 0.6 is 0 Å². The van der Waals surface area contributed by atoms with Gasteiger partial charge in [-0.05, 0) is 88.7 Å². The summed E-state index contributed by atoms with van der Waals surface area (Å²) in [6.45, 7) is -26.8. The van der Waals surface area contributed by atoms with Crippen molar-refractivity contribution < 1.29 is 87.2 Å². The van der Waals surface area contributed by atoms with Crippen LogP contribution in [0.5, 0.6) is 11.5 Å². The minimum absolute atomic E-state index is 1.16. The summed E-state index contributed by atoms with van der Waals surface area (Å²) in [5.41, 5.74) is -14.5. The molecule has 4 rings (SSSR count). The molecule has 6 heteroatoms. The fraction of sp³-hybridized carbons (Fsp3) is 0.636. The molecule has 2 unspecified atom stereocenters. The number of hydrogen-bond acceptors (Lipinski definition) is 6. The Morgan fingerprint density at radius 2 is 1.21 bits per heavy atom. The Hall–Kier alpha value is -2.12. The molecule has 2 fully saturated rings. The van der Waals surface area contributed by atoms with Crippen molar-refractivity contribution in [3.8, 4) is 11.5 Å². The van der Waals surface area contributed by atoms with E-state index in [1.54, 1.807) is 0 Å². The van der Waals surface area contributed by atoms with Crippen LogP contribution in [0, 0.1) is 0 Å². The maximum Gasteiger partial charge on any atom is 0.118 e. The van der Waals surface area contributed by atoms with Crippen LogP contribution in [-0.4, -0.2) is 84.3 Å². The van der Waals surface area contributed by atoms with Crippen LogP contribution in [0.25, 0.3) is 0 Å². The quantitative estimate of drug-likeness (QED) is 0.345. The SMILES string of the molecule is [2H]c1c([2H])c(C([2H])(C([2H])([2H])N(C([2H])([2H])[2H])C([2H])([2H])[2H])C2(O)C([2H])([2H])C([2H])([2H])C([2H])([2H])C([2H])([2H])C2([2H])[2H])c([2H])c([2H])c1O.[2H]c1c([2H])c(C([2H])(C([2H])([2H])N(C([2H])([2H])[2H])C([2H])([2H])[2H])C2(O)C([2H])([2H])C([2H])([2H])C([2H])([2H])C([2H])([2H])C2([2H])[2H])c([2H])c([2H])c1OC([2H])([2H])[2H]. The second-order valence-electron chi connectivity index (χ2n) is 6.85. The summed E-state index contributed by atoms with van der Waals surface area (Å²) < 4.78 is 402. The van der Waals surface area contributed by atoms with E-state index in [4.69, 9.17) is 64.4 Å². The Bertz CT molecular complexity index is 2890. The predicted octanol–water partition coefficient (Wildman–Crippen LogP) is 5.77. The molecule has 0 spiro atoms. The van der Waals surface area contributed by atoms with Crippen LogP contribution in [0.4, 0.5) is 0 Å². The van der Waals surface area contributed by atoms with E-state index < -0.39 is 215 Å². The number of rotatable bonds is 9. The third-order valence-electron chi connectivity index (χ3n) is 4.21. The van der Waals surface area contributed by atoms with Crippen molar-refractivity contribution >= 4 is 0 Å². The highest BCUT2D eigenvalue weighted by Crippen LogP contribution is 2.41. The van der Waals surface area contributed by atoms with E-state index in [1.165, 1.54) is 0 Å². The number of likely N-dealkylation sites (N-methyl/N-ethyl adjacent to an activating group) is 2. The van der Waals surface area contributed by atoms with Crippen LogP contribution < -0.4 is 4.74 Å².